The number of esters is 1. The molecule has 0 aliphatic heterocycles. The van der Waals surface area contributed by atoms with Crippen LogP contribution in [0.3, 0.4) is 0 Å². The van der Waals surface area contributed by atoms with Crippen LogP contribution < -0.4 is 0 Å². The fourth-order valence-electron chi connectivity index (χ4n) is 1.09. The van der Waals surface area contributed by atoms with Crippen LogP contribution in [0.2, 0.25) is 0 Å². The van der Waals surface area contributed by atoms with E-state index in [2.05, 4.69) is 4.74 Å². The van der Waals surface area contributed by atoms with Crippen LogP contribution in [0, 0.1) is 0 Å². The molecule has 98 valence electrons. The Bertz CT molecular complexity index is 444. The SMILES string of the molecule is CCOC(=O)/C=C(\C=C\c1cccs1)C(F)(F)F. The second kappa shape index (κ2) is 6.39. The van der Waals surface area contributed by atoms with Crippen molar-refractivity contribution >= 4 is 23.4 Å². The molecule has 1 aromatic rings. The van der Waals surface area contributed by atoms with Gasteiger partial charge in [-0.25, -0.2) is 4.79 Å². The van der Waals surface area contributed by atoms with Gasteiger partial charge in [0.15, 0.2) is 0 Å². The highest BCUT2D eigenvalue weighted by atomic mass is 32.1. The van der Waals surface area contributed by atoms with E-state index in [9.17, 15) is 18.0 Å². The normalized spacial score (nSPS) is 13.0. The number of halogens is 3. The van der Waals surface area contributed by atoms with E-state index in [-0.39, 0.29) is 6.61 Å². The van der Waals surface area contributed by atoms with Crippen LogP contribution in [0.15, 0.2) is 35.2 Å². The van der Waals surface area contributed by atoms with E-state index in [1.54, 1.807) is 17.5 Å². The van der Waals surface area contributed by atoms with Gasteiger partial charge in [0.1, 0.15) is 0 Å². The van der Waals surface area contributed by atoms with Gasteiger partial charge in [-0.1, -0.05) is 6.07 Å². The summed E-state index contributed by atoms with van der Waals surface area (Å²) in [5.41, 5.74) is -1.03. The predicted octanol–water partition coefficient (Wildman–Crippen LogP) is 3.81. The molecule has 0 bridgehead atoms. The van der Waals surface area contributed by atoms with E-state index in [0.29, 0.717) is 11.0 Å². The van der Waals surface area contributed by atoms with Crippen LogP contribution in [0.4, 0.5) is 13.2 Å². The van der Waals surface area contributed by atoms with E-state index in [1.165, 1.54) is 24.3 Å². The number of allylic oxidation sites excluding steroid dienone is 2. The van der Waals surface area contributed by atoms with E-state index in [1.807, 2.05) is 0 Å². The van der Waals surface area contributed by atoms with Gasteiger partial charge in [0.05, 0.1) is 12.2 Å². The van der Waals surface area contributed by atoms with Crippen molar-refractivity contribution in [2.75, 3.05) is 6.61 Å². The van der Waals surface area contributed by atoms with Crippen molar-refractivity contribution in [3.05, 3.63) is 40.1 Å². The van der Waals surface area contributed by atoms with Crippen LogP contribution in [-0.4, -0.2) is 18.8 Å². The quantitative estimate of drug-likeness (QED) is 0.475. The van der Waals surface area contributed by atoms with Crippen molar-refractivity contribution in [1.82, 2.24) is 0 Å². The minimum Gasteiger partial charge on any atom is -0.463 e. The molecular formula is C12H11F3O2S. The molecule has 2 nitrogen and oxygen atoms in total. The second-order valence-electron chi connectivity index (χ2n) is 3.20. The lowest BCUT2D eigenvalue weighted by Crippen LogP contribution is -2.13. The summed E-state index contributed by atoms with van der Waals surface area (Å²) in [6, 6.07) is 3.41. The fraction of sp³-hybridized carbons (Fsp3) is 0.250. The maximum absolute atomic E-state index is 12.6. The summed E-state index contributed by atoms with van der Waals surface area (Å²) in [7, 11) is 0. The Balaban J connectivity index is 2.90. The minimum absolute atomic E-state index is 0.0368. The van der Waals surface area contributed by atoms with Gasteiger partial charge >= 0.3 is 12.1 Å². The minimum atomic E-state index is -4.58. The first-order valence-electron chi connectivity index (χ1n) is 5.10. The molecular weight excluding hydrogens is 265 g/mol. The molecule has 0 saturated heterocycles. The Hall–Kier alpha value is -1.56. The number of rotatable bonds is 4. The lowest BCUT2D eigenvalue weighted by atomic mass is 10.2. The average molecular weight is 276 g/mol. The van der Waals surface area contributed by atoms with Gasteiger partial charge in [-0.15, -0.1) is 11.3 Å². The maximum Gasteiger partial charge on any atom is 0.416 e. The molecule has 18 heavy (non-hydrogen) atoms. The van der Waals surface area contributed by atoms with Gasteiger partial charge in [0.2, 0.25) is 0 Å². The third-order valence-electron chi connectivity index (χ3n) is 1.86. The number of hydrogen-bond acceptors (Lipinski definition) is 3. The van der Waals surface area contributed by atoms with Crippen LogP contribution in [0.25, 0.3) is 6.08 Å². The second-order valence-corrected chi connectivity index (χ2v) is 4.18. The maximum atomic E-state index is 12.6. The predicted molar refractivity (Wildman–Crippen MR) is 64.1 cm³/mol. The molecule has 0 saturated carbocycles. The zero-order valence-electron chi connectivity index (χ0n) is 9.53. The van der Waals surface area contributed by atoms with Crippen molar-refractivity contribution in [2.45, 2.75) is 13.1 Å². The van der Waals surface area contributed by atoms with Crippen molar-refractivity contribution in [1.29, 1.82) is 0 Å². The molecule has 1 heterocycles. The largest absolute Gasteiger partial charge is 0.463 e. The number of thiophene rings is 1. The summed E-state index contributed by atoms with van der Waals surface area (Å²) < 4.78 is 42.3. The molecule has 0 aliphatic rings. The number of carbonyl (C=O) groups is 1. The third kappa shape index (κ3) is 4.75. The number of carbonyl (C=O) groups excluding carboxylic acids is 1. The molecule has 0 aliphatic carbocycles. The van der Waals surface area contributed by atoms with Gasteiger partial charge in [0, 0.05) is 11.0 Å². The van der Waals surface area contributed by atoms with E-state index < -0.39 is 17.7 Å². The summed E-state index contributed by atoms with van der Waals surface area (Å²) >= 11 is 1.31. The highest BCUT2D eigenvalue weighted by Gasteiger charge is 2.32. The summed E-state index contributed by atoms with van der Waals surface area (Å²) in [5.74, 6) is -0.999. The molecule has 0 atom stereocenters. The molecule has 0 spiro atoms. The van der Waals surface area contributed by atoms with Crippen molar-refractivity contribution in [3.63, 3.8) is 0 Å². The first-order chi connectivity index (χ1) is 8.43. The lowest BCUT2D eigenvalue weighted by molar-refractivity contribution is -0.138. The Morgan fingerprint density at radius 1 is 1.50 bits per heavy atom. The molecule has 0 unspecified atom stereocenters. The topological polar surface area (TPSA) is 26.3 Å². The highest BCUT2D eigenvalue weighted by molar-refractivity contribution is 7.10. The van der Waals surface area contributed by atoms with Crippen LogP contribution in [-0.2, 0) is 9.53 Å². The van der Waals surface area contributed by atoms with Gasteiger partial charge in [-0.3, -0.25) is 0 Å². The highest BCUT2D eigenvalue weighted by Crippen LogP contribution is 2.27. The molecule has 0 radical (unpaired) electrons. The Morgan fingerprint density at radius 3 is 2.72 bits per heavy atom. The number of hydrogen-bond donors (Lipinski definition) is 0. The summed E-state index contributed by atoms with van der Waals surface area (Å²) in [4.78, 5) is 11.7. The molecule has 0 amide bonds. The van der Waals surface area contributed by atoms with E-state index in [0.717, 1.165) is 6.08 Å². The van der Waals surface area contributed by atoms with Crippen LogP contribution >= 0.6 is 11.3 Å². The van der Waals surface area contributed by atoms with Gasteiger partial charge in [-0.05, 0) is 30.5 Å². The molecule has 6 heteroatoms. The molecule has 0 N–H and O–H groups in total. The van der Waals surface area contributed by atoms with Crippen molar-refractivity contribution < 1.29 is 22.7 Å². The first kappa shape index (κ1) is 14.5. The summed E-state index contributed by atoms with van der Waals surface area (Å²) in [5, 5.41) is 1.75. The standard InChI is InChI=1S/C12H11F3O2S/c1-2-17-11(16)8-9(12(13,14)15)5-6-10-4-3-7-18-10/h3-8H,2H2,1H3/b6-5+,9-8+. The molecule has 1 rings (SSSR count). The Labute approximate surface area is 106 Å². The van der Waals surface area contributed by atoms with E-state index >= 15 is 0 Å². The van der Waals surface area contributed by atoms with Gasteiger partial charge in [0.25, 0.3) is 0 Å². The molecule has 1 aromatic heterocycles. The number of ether oxygens (including phenoxy) is 1. The average Bonchev–Trinajstić information content (AvgIpc) is 2.75. The monoisotopic (exact) mass is 276 g/mol. The van der Waals surface area contributed by atoms with Gasteiger partial charge in [-0.2, -0.15) is 13.2 Å². The van der Waals surface area contributed by atoms with Crippen molar-refractivity contribution in [2.24, 2.45) is 0 Å². The van der Waals surface area contributed by atoms with Gasteiger partial charge < -0.3 is 4.74 Å². The van der Waals surface area contributed by atoms with Crippen LogP contribution in [0.5, 0.6) is 0 Å². The zero-order chi connectivity index (χ0) is 13.6. The third-order valence-corrected chi connectivity index (χ3v) is 2.70. The smallest absolute Gasteiger partial charge is 0.416 e. The lowest BCUT2D eigenvalue weighted by Gasteiger charge is -2.07. The Kier molecular flexibility index (Phi) is 5.15. The molecule has 0 aromatic carbocycles. The van der Waals surface area contributed by atoms with Crippen molar-refractivity contribution in [3.8, 4) is 0 Å². The summed E-state index contributed by atoms with van der Waals surface area (Å²) in [6.45, 7) is 1.57. The van der Waals surface area contributed by atoms with Crippen LogP contribution in [0.1, 0.15) is 11.8 Å². The first-order valence-corrected chi connectivity index (χ1v) is 5.98. The Morgan fingerprint density at radius 2 is 2.22 bits per heavy atom. The molecule has 0 fully saturated rings. The zero-order valence-corrected chi connectivity index (χ0v) is 10.3. The fourth-order valence-corrected chi connectivity index (χ4v) is 1.71. The number of alkyl halides is 3. The summed E-state index contributed by atoms with van der Waals surface area (Å²) in [6.07, 6.45) is -1.96. The van der Waals surface area contributed by atoms with E-state index in [4.69, 9.17) is 0 Å².